The Bertz CT molecular complexity index is 637. The number of fused-ring (bicyclic) bond motifs is 1. The van der Waals surface area contributed by atoms with Gasteiger partial charge in [0.2, 0.25) is 0 Å². The molecule has 1 unspecified atom stereocenters. The summed E-state index contributed by atoms with van der Waals surface area (Å²) in [5, 5.41) is 1.75. The minimum Gasteiger partial charge on any atom is -0.449 e. The predicted molar refractivity (Wildman–Crippen MR) is 81.2 cm³/mol. The Hall–Kier alpha value is -0.450. The molecule has 5 heteroatoms. The number of alkyl halides is 1. The zero-order valence-corrected chi connectivity index (χ0v) is 13.2. The molecule has 0 saturated heterocycles. The van der Waals surface area contributed by atoms with Gasteiger partial charge in [0.15, 0.2) is 10.5 Å². The van der Waals surface area contributed by atoms with Crippen LogP contribution in [0.15, 0.2) is 32.5 Å². The van der Waals surface area contributed by atoms with Crippen molar-refractivity contribution in [3.63, 3.8) is 0 Å². The molecule has 2 rings (SSSR count). The van der Waals surface area contributed by atoms with Crippen LogP contribution in [0.3, 0.4) is 0 Å². The molecule has 0 radical (unpaired) electrons. The van der Waals surface area contributed by atoms with Gasteiger partial charge < -0.3 is 4.42 Å². The molecule has 96 valence electrons. The van der Waals surface area contributed by atoms with E-state index < -0.39 is 0 Å². The number of hydrogen-bond donors (Lipinski definition) is 0. The summed E-state index contributed by atoms with van der Waals surface area (Å²) in [7, 11) is 0. The quantitative estimate of drug-likeness (QED) is 0.577. The van der Waals surface area contributed by atoms with Gasteiger partial charge >= 0.3 is 0 Å². The van der Waals surface area contributed by atoms with Gasteiger partial charge in [0.25, 0.3) is 0 Å². The van der Waals surface area contributed by atoms with E-state index in [9.17, 15) is 4.79 Å². The Morgan fingerprint density at radius 3 is 2.83 bits per heavy atom. The number of benzene rings is 1. The molecular weight excluding hydrogens is 336 g/mol. The summed E-state index contributed by atoms with van der Waals surface area (Å²) in [6, 6.07) is 5.12. The van der Waals surface area contributed by atoms with Gasteiger partial charge in [-0.3, -0.25) is 4.79 Å². The Morgan fingerprint density at radius 2 is 2.22 bits per heavy atom. The molecule has 0 aliphatic rings. The Morgan fingerprint density at radius 1 is 1.50 bits per heavy atom. The predicted octanol–water partition coefficient (Wildman–Crippen LogP) is 5.01. The van der Waals surface area contributed by atoms with Crippen molar-refractivity contribution in [2.45, 2.75) is 23.8 Å². The first-order valence-corrected chi connectivity index (χ1v) is 7.85. The van der Waals surface area contributed by atoms with Gasteiger partial charge in [0.05, 0.1) is 10.9 Å². The molecule has 0 saturated carbocycles. The molecule has 0 aliphatic carbocycles. The van der Waals surface area contributed by atoms with Crippen molar-refractivity contribution >= 4 is 50.3 Å². The third-order valence-corrected chi connectivity index (χ3v) is 4.07. The lowest BCUT2D eigenvalue weighted by Gasteiger charge is -2.10. The highest BCUT2D eigenvalue weighted by atomic mass is 79.9. The number of rotatable bonds is 3. The highest BCUT2D eigenvalue weighted by molar-refractivity contribution is 9.09. The van der Waals surface area contributed by atoms with Crippen LogP contribution in [-0.2, 0) is 0 Å². The Labute approximate surface area is 123 Å². The lowest BCUT2D eigenvalue weighted by atomic mass is 10.1. The molecule has 1 heterocycles. The van der Waals surface area contributed by atoms with Crippen molar-refractivity contribution < 1.29 is 4.42 Å². The molecule has 18 heavy (non-hydrogen) atoms. The fourth-order valence-corrected chi connectivity index (χ4v) is 3.32. The molecule has 1 atom stereocenters. The zero-order chi connectivity index (χ0) is 13.3. The average Bonchev–Trinajstić information content (AvgIpc) is 2.30. The standard InChI is InChI=1S/C13H12BrClO2S/c1-3-18-13-11(7(2)14)12(16)9-6-8(15)4-5-10(9)17-13/h4-7H,3H2,1-2H3. The minimum atomic E-state index is -0.0498. The molecule has 1 aromatic carbocycles. The highest BCUT2D eigenvalue weighted by Crippen LogP contribution is 2.32. The van der Waals surface area contributed by atoms with Gasteiger partial charge in [0, 0.05) is 9.85 Å². The van der Waals surface area contributed by atoms with E-state index in [4.69, 9.17) is 16.0 Å². The topological polar surface area (TPSA) is 30.2 Å². The van der Waals surface area contributed by atoms with Gasteiger partial charge in [-0.25, -0.2) is 0 Å². The maximum absolute atomic E-state index is 12.5. The second-order valence-electron chi connectivity index (χ2n) is 3.82. The molecule has 0 fully saturated rings. The lowest BCUT2D eigenvalue weighted by Crippen LogP contribution is -2.11. The SMILES string of the molecule is CCSc1oc2ccc(Cl)cc2c(=O)c1C(C)Br. The summed E-state index contributed by atoms with van der Waals surface area (Å²) < 4.78 is 5.80. The second-order valence-corrected chi connectivity index (χ2v) is 6.87. The van der Waals surface area contributed by atoms with Crippen molar-refractivity contribution in [2.24, 2.45) is 0 Å². The normalized spacial score (nSPS) is 12.9. The van der Waals surface area contributed by atoms with Crippen LogP contribution in [0.5, 0.6) is 0 Å². The second kappa shape index (κ2) is 5.68. The van der Waals surface area contributed by atoms with E-state index in [1.807, 2.05) is 13.8 Å². The van der Waals surface area contributed by atoms with E-state index in [2.05, 4.69) is 15.9 Å². The molecule has 0 amide bonds. The monoisotopic (exact) mass is 346 g/mol. The number of halogens is 2. The van der Waals surface area contributed by atoms with Crippen molar-refractivity contribution in [2.75, 3.05) is 5.75 Å². The van der Waals surface area contributed by atoms with Crippen LogP contribution in [0.4, 0.5) is 0 Å². The van der Waals surface area contributed by atoms with Crippen LogP contribution in [0.25, 0.3) is 11.0 Å². The number of thioether (sulfide) groups is 1. The van der Waals surface area contributed by atoms with Gasteiger partial charge in [-0.1, -0.05) is 46.2 Å². The zero-order valence-electron chi connectivity index (χ0n) is 10.00. The molecule has 0 bridgehead atoms. The third-order valence-electron chi connectivity index (χ3n) is 2.53. The summed E-state index contributed by atoms with van der Waals surface area (Å²) in [6.07, 6.45) is 0. The lowest BCUT2D eigenvalue weighted by molar-refractivity contribution is 0.488. The van der Waals surface area contributed by atoms with E-state index in [1.165, 1.54) is 11.8 Å². The van der Waals surface area contributed by atoms with Gasteiger partial charge in [0.1, 0.15) is 5.58 Å². The average molecular weight is 348 g/mol. The van der Waals surface area contributed by atoms with Gasteiger partial charge in [-0.2, -0.15) is 0 Å². The largest absolute Gasteiger partial charge is 0.449 e. The first-order valence-electron chi connectivity index (χ1n) is 5.57. The fourth-order valence-electron chi connectivity index (χ4n) is 1.74. The van der Waals surface area contributed by atoms with Crippen molar-refractivity contribution in [3.05, 3.63) is 39.0 Å². The van der Waals surface area contributed by atoms with Crippen LogP contribution < -0.4 is 5.43 Å². The first kappa shape index (κ1) is 14.0. The summed E-state index contributed by atoms with van der Waals surface area (Å²) in [5.74, 6) is 0.856. The molecule has 1 aromatic heterocycles. The van der Waals surface area contributed by atoms with E-state index in [1.54, 1.807) is 18.2 Å². The van der Waals surface area contributed by atoms with Crippen molar-refractivity contribution in [1.29, 1.82) is 0 Å². The minimum absolute atomic E-state index is 0.0147. The van der Waals surface area contributed by atoms with E-state index in [0.29, 0.717) is 26.6 Å². The maximum Gasteiger partial charge on any atom is 0.198 e. The van der Waals surface area contributed by atoms with Gasteiger partial charge in [-0.05, 0) is 30.9 Å². The van der Waals surface area contributed by atoms with E-state index in [0.717, 1.165) is 5.75 Å². The van der Waals surface area contributed by atoms with Crippen LogP contribution in [0.1, 0.15) is 24.2 Å². The summed E-state index contributed by atoms with van der Waals surface area (Å²) in [4.78, 5) is 12.4. The number of hydrogen-bond acceptors (Lipinski definition) is 3. The summed E-state index contributed by atoms with van der Waals surface area (Å²) in [6.45, 7) is 3.95. The van der Waals surface area contributed by atoms with Crippen LogP contribution in [-0.4, -0.2) is 5.75 Å². The molecule has 0 spiro atoms. The highest BCUT2D eigenvalue weighted by Gasteiger charge is 2.18. The van der Waals surface area contributed by atoms with E-state index >= 15 is 0 Å². The summed E-state index contributed by atoms with van der Waals surface area (Å²) >= 11 is 10.9. The molecule has 0 aliphatic heterocycles. The Balaban J connectivity index is 2.81. The molecule has 2 nitrogen and oxygen atoms in total. The van der Waals surface area contributed by atoms with Crippen LogP contribution >= 0.6 is 39.3 Å². The molecule has 0 N–H and O–H groups in total. The smallest absolute Gasteiger partial charge is 0.198 e. The maximum atomic E-state index is 12.5. The Kier molecular flexibility index (Phi) is 4.41. The fraction of sp³-hybridized carbons (Fsp3) is 0.308. The van der Waals surface area contributed by atoms with Crippen molar-refractivity contribution in [3.8, 4) is 0 Å². The van der Waals surface area contributed by atoms with Crippen molar-refractivity contribution in [1.82, 2.24) is 0 Å². The first-order chi connectivity index (χ1) is 8.54. The van der Waals surface area contributed by atoms with Crippen LogP contribution in [0.2, 0.25) is 5.02 Å². The third kappa shape index (κ3) is 2.60. The summed E-state index contributed by atoms with van der Waals surface area (Å²) in [5.41, 5.74) is 1.23. The van der Waals surface area contributed by atoms with Gasteiger partial charge in [-0.15, -0.1) is 0 Å². The van der Waals surface area contributed by atoms with E-state index in [-0.39, 0.29) is 10.3 Å². The molecule has 2 aromatic rings. The molecular formula is C13H12BrClO2S. The van der Waals surface area contributed by atoms with Crippen LogP contribution in [0, 0.1) is 0 Å².